The molecule has 0 bridgehead atoms. The van der Waals surface area contributed by atoms with Crippen molar-refractivity contribution in [3.8, 4) is 0 Å². The molecule has 2 fully saturated rings. The summed E-state index contributed by atoms with van der Waals surface area (Å²) >= 11 is 0. The van der Waals surface area contributed by atoms with Crippen molar-refractivity contribution in [2.75, 3.05) is 0 Å². The van der Waals surface area contributed by atoms with Crippen molar-refractivity contribution in [2.45, 2.75) is 111 Å². The SMILES string of the molecule is CC(C)CCC[C@@H](C)[C@H]1CC[C@H]2C3=C(C(=O)C[C@]12C)[C@@]1(C)CC[C@H](O)CC1CC3. The van der Waals surface area contributed by atoms with Gasteiger partial charge >= 0.3 is 0 Å². The number of aliphatic hydroxyl groups is 1. The normalized spacial score (nSPS) is 43.2. The van der Waals surface area contributed by atoms with Gasteiger partial charge in [0.1, 0.15) is 0 Å². The smallest absolute Gasteiger partial charge is 0.159 e. The highest BCUT2D eigenvalue weighted by Crippen LogP contribution is 2.65. The van der Waals surface area contributed by atoms with E-state index in [9.17, 15) is 9.90 Å². The molecule has 2 nitrogen and oxygen atoms in total. The highest BCUT2D eigenvalue weighted by Gasteiger charge is 2.58. The molecule has 0 heterocycles. The summed E-state index contributed by atoms with van der Waals surface area (Å²) in [6.45, 7) is 11.9. The largest absolute Gasteiger partial charge is 0.393 e. The topological polar surface area (TPSA) is 37.3 Å². The van der Waals surface area contributed by atoms with E-state index in [0.717, 1.165) is 43.9 Å². The van der Waals surface area contributed by atoms with E-state index in [-0.39, 0.29) is 16.9 Å². The number of hydrogen-bond donors (Lipinski definition) is 1. The fourth-order valence-corrected chi connectivity index (χ4v) is 8.32. The van der Waals surface area contributed by atoms with Crippen LogP contribution in [0.4, 0.5) is 0 Å². The Morgan fingerprint density at radius 3 is 2.55 bits per heavy atom. The van der Waals surface area contributed by atoms with E-state index in [2.05, 4.69) is 34.6 Å². The quantitative estimate of drug-likeness (QED) is 0.556. The van der Waals surface area contributed by atoms with Crippen LogP contribution in [0, 0.1) is 40.4 Å². The van der Waals surface area contributed by atoms with Crippen LogP contribution in [-0.4, -0.2) is 17.0 Å². The van der Waals surface area contributed by atoms with Gasteiger partial charge in [0.15, 0.2) is 5.78 Å². The summed E-state index contributed by atoms with van der Waals surface area (Å²) < 4.78 is 0. The van der Waals surface area contributed by atoms with Gasteiger partial charge in [-0.1, -0.05) is 59.5 Å². The van der Waals surface area contributed by atoms with Crippen LogP contribution < -0.4 is 0 Å². The molecule has 29 heavy (non-hydrogen) atoms. The second-order valence-electron chi connectivity index (χ2n) is 12.1. The molecule has 0 amide bonds. The van der Waals surface area contributed by atoms with Gasteiger partial charge in [-0.3, -0.25) is 4.79 Å². The predicted octanol–water partition coefficient (Wildman–Crippen LogP) is 6.71. The molecule has 0 radical (unpaired) electrons. The first-order chi connectivity index (χ1) is 13.7. The van der Waals surface area contributed by atoms with Crippen LogP contribution in [0.15, 0.2) is 11.1 Å². The lowest BCUT2D eigenvalue weighted by Gasteiger charge is -2.54. The molecule has 0 saturated heterocycles. The summed E-state index contributed by atoms with van der Waals surface area (Å²) in [5.41, 5.74) is 3.03. The minimum Gasteiger partial charge on any atom is -0.393 e. The van der Waals surface area contributed by atoms with E-state index in [1.807, 2.05) is 0 Å². The molecule has 4 aliphatic rings. The number of aliphatic hydroxyl groups excluding tert-OH is 1. The van der Waals surface area contributed by atoms with Crippen molar-refractivity contribution in [1.82, 2.24) is 0 Å². The van der Waals surface area contributed by atoms with Crippen molar-refractivity contribution in [3.63, 3.8) is 0 Å². The molecule has 7 atom stereocenters. The number of carbonyl (C=O) groups is 1. The first-order valence-electron chi connectivity index (χ1n) is 12.6. The van der Waals surface area contributed by atoms with E-state index in [1.54, 1.807) is 5.57 Å². The number of hydrogen-bond acceptors (Lipinski definition) is 2. The van der Waals surface area contributed by atoms with E-state index >= 15 is 0 Å². The summed E-state index contributed by atoms with van der Waals surface area (Å²) in [4.78, 5) is 13.7. The Labute approximate surface area is 178 Å². The van der Waals surface area contributed by atoms with Gasteiger partial charge in [-0.15, -0.1) is 0 Å². The van der Waals surface area contributed by atoms with E-state index < -0.39 is 0 Å². The van der Waals surface area contributed by atoms with Crippen LogP contribution in [0.3, 0.4) is 0 Å². The average Bonchev–Trinajstić information content (AvgIpc) is 2.98. The first-order valence-corrected chi connectivity index (χ1v) is 12.6. The zero-order valence-electron chi connectivity index (χ0n) is 19.6. The maximum atomic E-state index is 13.7. The third kappa shape index (κ3) is 3.56. The highest BCUT2D eigenvalue weighted by atomic mass is 16.3. The fourth-order valence-electron chi connectivity index (χ4n) is 8.32. The van der Waals surface area contributed by atoms with Crippen LogP contribution in [-0.2, 0) is 4.79 Å². The van der Waals surface area contributed by atoms with Gasteiger partial charge in [0.05, 0.1) is 6.10 Å². The summed E-state index contributed by atoms with van der Waals surface area (Å²) in [5.74, 6) is 3.85. The number of rotatable bonds is 5. The van der Waals surface area contributed by atoms with E-state index in [4.69, 9.17) is 0 Å². The lowest BCUT2D eigenvalue weighted by Crippen LogP contribution is -2.48. The first kappa shape index (κ1) is 21.6. The Kier molecular flexibility index (Phi) is 5.82. The van der Waals surface area contributed by atoms with Crippen LogP contribution in [0.1, 0.15) is 105 Å². The van der Waals surface area contributed by atoms with Crippen molar-refractivity contribution >= 4 is 5.78 Å². The van der Waals surface area contributed by atoms with E-state index in [0.29, 0.717) is 23.5 Å². The third-order valence-electron chi connectivity index (χ3n) is 9.89. The summed E-state index contributed by atoms with van der Waals surface area (Å²) in [6, 6.07) is 0. The molecule has 1 unspecified atom stereocenters. The molecule has 0 aliphatic heterocycles. The Hall–Kier alpha value is -0.630. The Balaban J connectivity index is 1.58. The molecule has 0 aromatic carbocycles. The molecule has 0 aromatic rings. The van der Waals surface area contributed by atoms with Gasteiger partial charge in [-0.25, -0.2) is 0 Å². The van der Waals surface area contributed by atoms with Gasteiger partial charge in [-0.2, -0.15) is 0 Å². The molecule has 0 aromatic heterocycles. The van der Waals surface area contributed by atoms with Gasteiger partial charge in [-0.05, 0) is 85.4 Å². The molecule has 1 N–H and O–H groups in total. The molecular weight excluding hydrogens is 356 g/mol. The molecule has 2 saturated carbocycles. The summed E-state index contributed by atoms with van der Waals surface area (Å²) in [7, 11) is 0. The van der Waals surface area contributed by atoms with Crippen LogP contribution in [0.5, 0.6) is 0 Å². The number of Topliss-reactive ketones (excluding diaryl/α,β-unsaturated/α-hetero) is 1. The zero-order chi connectivity index (χ0) is 21.0. The summed E-state index contributed by atoms with van der Waals surface area (Å²) in [6.07, 6.45) is 12.3. The number of fused-ring (bicyclic) bond motifs is 4. The predicted molar refractivity (Wildman–Crippen MR) is 120 cm³/mol. The van der Waals surface area contributed by atoms with Gasteiger partial charge in [0.25, 0.3) is 0 Å². The van der Waals surface area contributed by atoms with Gasteiger partial charge < -0.3 is 5.11 Å². The maximum absolute atomic E-state index is 13.7. The van der Waals surface area contributed by atoms with Crippen molar-refractivity contribution in [2.24, 2.45) is 40.4 Å². The Morgan fingerprint density at radius 1 is 1.07 bits per heavy atom. The monoisotopic (exact) mass is 400 g/mol. The Bertz CT molecular complexity index is 676. The van der Waals surface area contributed by atoms with E-state index in [1.165, 1.54) is 44.1 Å². The third-order valence-corrected chi connectivity index (χ3v) is 9.89. The minimum atomic E-state index is -0.151. The minimum absolute atomic E-state index is 0.0339. The molecule has 4 aliphatic carbocycles. The standard InChI is InChI=1S/C27H44O2/c1-17(2)7-6-8-18(3)22-11-12-23-21-10-9-19-15-20(28)13-14-26(19,4)25(21)24(29)16-27(22,23)5/h17-20,22-23,28H,6-16H2,1-5H3/t18-,19?,20+,22-,23+,26+,27-/m1/s1. The maximum Gasteiger partial charge on any atom is 0.159 e. The molecule has 164 valence electrons. The van der Waals surface area contributed by atoms with Crippen molar-refractivity contribution < 1.29 is 9.90 Å². The highest BCUT2D eigenvalue weighted by molar-refractivity contribution is 5.99. The molecule has 2 heteroatoms. The Morgan fingerprint density at radius 2 is 1.83 bits per heavy atom. The average molecular weight is 401 g/mol. The number of allylic oxidation sites excluding steroid dienone is 2. The lowest BCUT2D eigenvalue weighted by atomic mass is 9.50. The van der Waals surface area contributed by atoms with Gasteiger partial charge in [0, 0.05) is 12.0 Å². The zero-order valence-corrected chi connectivity index (χ0v) is 19.6. The van der Waals surface area contributed by atoms with Crippen molar-refractivity contribution in [1.29, 1.82) is 0 Å². The molecular formula is C27H44O2. The molecule has 4 rings (SSSR count). The van der Waals surface area contributed by atoms with Crippen LogP contribution in [0.25, 0.3) is 0 Å². The molecule has 0 spiro atoms. The number of ketones is 1. The van der Waals surface area contributed by atoms with Crippen LogP contribution in [0.2, 0.25) is 0 Å². The number of carbonyl (C=O) groups excluding carboxylic acids is 1. The second kappa shape index (κ2) is 7.81. The second-order valence-corrected chi connectivity index (χ2v) is 12.1. The summed E-state index contributed by atoms with van der Waals surface area (Å²) in [5, 5.41) is 10.2. The lowest BCUT2D eigenvalue weighted by molar-refractivity contribution is -0.123. The van der Waals surface area contributed by atoms with Crippen molar-refractivity contribution in [3.05, 3.63) is 11.1 Å². The van der Waals surface area contributed by atoms with Crippen LogP contribution >= 0.6 is 0 Å². The fraction of sp³-hybridized carbons (Fsp3) is 0.889. The van der Waals surface area contributed by atoms with Gasteiger partial charge in [0.2, 0.25) is 0 Å².